The number of carboxylic acid groups (broad SMARTS) is 1. The van der Waals surface area contributed by atoms with Gasteiger partial charge in [0.05, 0.1) is 17.9 Å². The number of rotatable bonds is 4. The summed E-state index contributed by atoms with van der Waals surface area (Å²) in [5, 5.41) is 21.2. The van der Waals surface area contributed by atoms with Gasteiger partial charge < -0.3 is 5.11 Å². The van der Waals surface area contributed by atoms with Gasteiger partial charge in [-0.15, -0.1) is 5.10 Å². The highest BCUT2D eigenvalue weighted by Crippen LogP contribution is 2.20. The smallest absolute Gasteiger partial charge is 0.358 e. The second kappa shape index (κ2) is 5.16. The Bertz CT molecular complexity index is 777. The van der Waals surface area contributed by atoms with E-state index in [1.165, 1.54) is 4.68 Å². The van der Waals surface area contributed by atoms with Crippen LogP contribution in [0.25, 0.3) is 11.4 Å². The Kier molecular flexibility index (Phi) is 3.19. The molecular weight excluding hydrogens is 272 g/mol. The van der Waals surface area contributed by atoms with Gasteiger partial charge in [-0.05, 0) is 18.2 Å². The zero-order chi connectivity index (χ0) is 14.8. The standard InChI is InChI=1S/C13H12N6O2/c1-18-7-5-9(16-18)8-19-12(10-4-2-3-6-14-10)11(13(20)21)15-17-19/h2-7H,8H2,1H3,(H,20,21). The number of hydrogen-bond donors (Lipinski definition) is 1. The summed E-state index contributed by atoms with van der Waals surface area (Å²) >= 11 is 0. The van der Waals surface area contributed by atoms with Gasteiger partial charge in [0, 0.05) is 19.4 Å². The maximum Gasteiger partial charge on any atom is 0.358 e. The van der Waals surface area contributed by atoms with Crippen molar-refractivity contribution in [3.05, 3.63) is 48.0 Å². The molecule has 0 spiro atoms. The molecule has 21 heavy (non-hydrogen) atoms. The van der Waals surface area contributed by atoms with Gasteiger partial charge in [-0.1, -0.05) is 11.3 Å². The summed E-state index contributed by atoms with van der Waals surface area (Å²) in [6.07, 6.45) is 3.41. The lowest BCUT2D eigenvalue weighted by Crippen LogP contribution is -2.07. The van der Waals surface area contributed by atoms with Crippen molar-refractivity contribution in [2.45, 2.75) is 6.54 Å². The van der Waals surface area contributed by atoms with E-state index >= 15 is 0 Å². The number of carbonyl (C=O) groups is 1. The highest BCUT2D eigenvalue weighted by atomic mass is 16.4. The average molecular weight is 284 g/mol. The molecule has 0 atom stereocenters. The van der Waals surface area contributed by atoms with Crippen LogP contribution in [0.1, 0.15) is 16.2 Å². The third-order valence-electron chi connectivity index (χ3n) is 2.93. The molecule has 0 amide bonds. The fourth-order valence-electron chi connectivity index (χ4n) is 2.03. The SMILES string of the molecule is Cn1ccc(Cn2nnc(C(=O)O)c2-c2ccccn2)n1. The van der Waals surface area contributed by atoms with E-state index in [4.69, 9.17) is 0 Å². The summed E-state index contributed by atoms with van der Waals surface area (Å²) in [6, 6.07) is 7.10. The first-order valence-electron chi connectivity index (χ1n) is 6.22. The monoisotopic (exact) mass is 284 g/mol. The molecule has 1 N–H and O–H groups in total. The van der Waals surface area contributed by atoms with Crippen molar-refractivity contribution in [2.75, 3.05) is 0 Å². The molecule has 0 aliphatic rings. The van der Waals surface area contributed by atoms with Crippen molar-refractivity contribution in [2.24, 2.45) is 7.05 Å². The highest BCUT2D eigenvalue weighted by Gasteiger charge is 2.21. The van der Waals surface area contributed by atoms with Crippen LogP contribution in [0.3, 0.4) is 0 Å². The van der Waals surface area contributed by atoms with Gasteiger partial charge in [0.25, 0.3) is 0 Å². The molecule has 3 aromatic rings. The molecule has 3 aromatic heterocycles. The van der Waals surface area contributed by atoms with E-state index in [2.05, 4.69) is 20.4 Å². The van der Waals surface area contributed by atoms with Crippen LogP contribution >= 0.6 is 0 Å². The fourth-order valence-corrected chi connectivity index (χ4v) is 2.03. The molecule has 0 saturated heterocycles. The lowest BCUT2D eigenvalue weighted by Gasteiger charge is -2.04. The van der Waals surface area contributed by atoms with Gasteiger partial charge in [0.2, 0.25) is 0 Å². The molecule has 8 nitrogen and oxygen atoms in total. The number of pyridine rings is 1. The molecule has 0 aliphatic carbocycles. The molecule has 3 heterocycles. The molecule has 0 aromatic carbocycles. The Morgan fingerprint density at radius 2 is 2.19 bits per heavy atom. The van der Waals surface area contributed by atoms with Gasteiger partial charge in [-0.25, -0.2) is 9.48 Å². The zero-order valence-electron chi connectivity index (χ0n) is 11.2. The van der Waals surface area contributed by atoms with Crippen LogP contribution in [0.15, 0.2) is 36.7 Å². The van der Waals surface area contributed by atoms with Crippen molar-refractivity contribution in [1.82, 2.24) is 29.8 Å². The molecule has 3 rings (SSSR count). The maximum atomic E-state index is 11.3. The van der Waals surface area contributed by atoms with Crippen molar-refractivity contribution < 1.29 is 9.90 Å². The van der Waals surface area contributed by atoms with E-state index in [0.29, 0.717) is 17.9 Å². The van der Waals surface area contributed by atoms with Crippen LogP contribution in [0.4, 0.5) is 0 Å². The maximum absolute atomic E-state index is 11.3. The van der Waals surface area contributed by atoms with E-state index in [-0.39, 0.29) is 5.69 Å². The third kappa shape index (κ3) is 2.50. The summed E-state index contributed by atoms with van der Waals surface area (Å²) in [5.74, 6) is -1.14. The van der Waals surface area contributed by atoms with Gasteiger partial charge >= 0.3 is 5.97 Å². The Morgan fingerprint density at radius 1 is 1.33 bits per heavy atom. The van der Waals surface area contributed by atoms with Crippen molar-refractivity contribution in [3.63, 3.8) is 0 Å². The Morgan fingerprint density at radius 3 is 2.81 bits per heavy atom. The van der Waals surface area contributed by atoms with Crippen LogP contribution in [0.2, 0.25) is 0 Å². The quantitative estimate of drug-likeness (QED) is 0.761. The van der Waals surface area contributed by atoms with Crippen LogP contribution in [-0.2, 0) is 13.6 Å². The summed E-state index contributed by atoms with van der Waals surface area (Å²) < 4.78 is 3.17. The molecule has 0 fully saturated rings. The molecule has 0 aliphatic heterocycles. The summed E-state index contributed by atoms with van der Waals surface area (Å²) in [6.45, 7) is 0.326. The highest BCUT2D eigenvalue weighted by molar-refractivity contribution is 5.92. The van der Waals surface area contributed by atoms with E-state index in [1.807, 2.05) is 19.3 Å². The molecule has 0 bridgehead atoms. The van der Waals surface area contributed by atoms with E-state index in [9.17, 15) is 9.90 Å². The lowest BCUT2D eigenvalue weighted by atomic mass is 10.2. The number of hydrogen-bond acceptors (Lipinski definition) is 5. The predicted molar refractivity (Wildman–Crippen MR) is 72.5 cm³/mol. The zero-order valence-corrected chi connectivity index (χ0v) is 11.2. The first-order chi connectivity index (χ1) is 10.1. The predicted octanol–water partition coefficient (Wildman–Crippen LogP) is 0.820. The summed E-state index contributed by atoms with van der Waals surface area (Å²) in [7, 11) is 1.81. The normalized spacial score (nSPS) is 10.7. The molecule has 0 radical (unpaired) electrons. The van der Waals surface area contributed by atoms with Crippen molar-refractivity contribution in [1.29, 1.82) is 0 Å². The van der Waals surface area contributed by atoms with Gasteiger partial charge in [-0.2, -0.15) is 5.10 Å². The number of aromatic carboxylic acids is 1. The Labute approximate surface area is 119 Å². The second-order valence-electron chi connectivity index (χ2n) is 4.45. The minimum atomic E-state index is -1.14. The van der Waals surface area contributed by atoms with Crippen molar-refractivity contribution >= 4 is 5.97 Å². The minimum absolute atomic E-state index is 0.121. The van der Waals surface area contributed by atoms with Crippen molar-refractivity contribution in [3.8, 4) is 11.4 Å². The molecule has 8 heteroatoms. The average Bonchev–Trinajstić information content (AvgIpc) is 3.07. The lowest BCUT2D eigenvalue weighted by molar-refractivity contribution is 0.0691. The summed E-state index contributed by atoms with van der Waals surface area (Å²) in [5.41, 5.74) is 1.52. The van der Waals surface area contributed by atoms with Crippen LogP contribution in [-0.4, -0.2) is 40.8 Å². The number of carboxylic acids is 1. The van der Waals surface area contributed by atoms with Crippen LogP contribution in [0.5, 0.6) is 0 Å². The first kappa shape index (κ1) is 13.0. The third-order valence-corrected chi connectivity index (χ3v) is 2.93. The van der Waals surface area contributed by atoms with Crippen LogP contribution < -0.4 is 0 Å². The second-order valence-corrected chi connectivity index (χ2v) is 4.45. The van der Waals surface area contributed by atoms with Gasteiger partial charge in [0.1, 0.15) is 5.69 Å². The Balaban J connectivity index is 2.07. The molecular formula is C13H12N6O2. The number of nitrogens with zero attached hydrogens (tertiary/aromatic N) is 6. The van der Waals surface area contributed by atoms with E-state index in [1.54, 1.807) is 29.1 Å². The molecule has 0 saturated carbocycles. The first-order valence-corrected chi connectivity index (χ1v) is 6.22. The topological polar surface area (TPSA) is 98.7 Å². The molecule has 106 valence electrons. The summed E-state index contributed by atoms with van der Waals surface area (Å²) in [4.78, 5) is 15.5. The number of aryl methyl sites for hydroxylation is 1. The Hall–Kier alpha value is -3.03. The minimum Gasteiger partial charge on any atom is -0.476 e. The van der Waals surface area contributed by atoms with Gasteiger partial charge in [0.15, 0.2) is 5.69 Å². The number of aromatic nitrogens is 6. The van der Waals surface area contributed by atoms with Crippen LogP contribution in [0, 0.1) is 0 Å². The van der Waals surface area contributed by atoms with E-state index in [0.717, 1.165) is 5.69 Å². The molecule has 0 unspecified atom stereocenters. The van der Waals surface area contributed by atoms with Gasteiger partial charge in [-0.3, -0.25) is 9.67 Å². The fraction of sp³-hybridized carbons (Fsp3) is 0.154. The van der Waals surface area contributed by atoms with E-state index < -0.39 is 5.97 Å². The largest absolute Gasteiger partial charge is 0.476 e.